The normalized spacial score (nSPS) is 11.3. The van der Waals surface area contributed by atoms with E-state index in [2.05, 4.69) is 21.2 Å². The number of imide groups is 1. The molecule has 1 aromatic carbocycles. The van der Waals surface area contributed by atoms with Gasteiger partial charge >= 0.3 is 12.0 Å². The molecule has 0 aromatic heterocycles. The molecule has 0 spiro atoms. The Kier molecular flexibility index (Phi) is 5.50. The van der Waals surface area contributed by atoms with Gasteiger partial charge in [0.25, 0.3) is 5.91 Å². The van der Waals surface area contributed by atoms with Crippen molar-refractivity contribution in [2.45, 2.75) is 13.0 Å². The highest BCUT2D eigenvalue weighted by Gasteiger charge is 2.20. The summed E-state index contributed by atoms with van der Waals surface area (Å²) in [7, 11) is 1.38. The molecule has 1 atom stereocenters. The first-order valence-corrected chi connectivity index (χ1v) is 6.22. The van der Waals surface area contributed by atoms with Gasteiger partial charge in [-0.1, -0.05) is 15.9 Å². The number of hydrogen-bond donors (Lipinski definition) is 2. The Balaban J connectivity index is 2.59. The average Bonchev–Trinajstić information content (AvgIpc) is 2.38. The van der Waals surface area contributed by atoms with E-state index < -0.39 is 24.0 Å². The smallest absolute Gasteiger partial charge is 0.338 e. The minimum Gasteiger partial charge on any atom is -0.449 e. The lowest BCUT2D eigenvalue weighted by atomic mass is 10.2. The summed E-state index contributed by atoms with van der Waals surface area (Å²) in [6, 6.07) is 5.85. The summed E-state index contributed by atoms with van der Waals surface area (Å²) < 4.78 is 5.77. The summed E-state index contributed by atoms with van der Waals surface area (Å²) >= 11 is 3.24. The molecule has 0 aliphatic heterocycles. The van der Waals surface area contributed by atoms with Gasteiger partial charge in [-0.3, -0.25) is 10.1 Å². The minimum atomic E-state index is -1.06. The quantitative estimate of drug-likeness (QED) is 0.822. The second-order valence-electron chi connectivity index (χ2n) is 3.62. The predicted octanol–water partition coefficient (Wildman–Crippen LogP) is 1.45. The fourth-order valence-corrected chi connectivity index (χ4v) is 1.41. The molecule has 0 saturated carbocycles. The van der Waals surface area contributed by atoms with E-state index in [1.54, 1.807) is 24.3 Å². The molecule has 0 bridgehead atoms. The third-order valence-electron chi connectivity index (χ3n) is 2.20. The van der Waals surface area contributed by atoms with Crippen molar-refractivity contribution in [3.05, 3.63) is 34.3 Å². The average molecular weight is 329 g/mol. The van der Waals surface area contributed by atoms with Crippen LogP contribution in [0.4, 0.5) is 4.79 Å². The maximum atomic E-state index is 11.7. The molecular formula is C12H13BrN2O4. The lowest BCUT2D eigenvalue weighted by molar-refractivity contribution is -0.127. The molecule has 0 heterocycles. The van der Waals surface area contributed by atoms with Crippen molar-refractivity contribution in [2.24, 2.45) is 0 Å². The highest BCUT2D eigenvalue weighted by Crippen LogP contribution is 2.12. The molecule has 1 rings (SSSR count). The zero-order chi connectivity index (χ0) is 14.4. The van der Waals surface area contributed by atoms with Crippen LogP contribution in [0, 0.1) is 0 Å². The molecule has 1 aromatic rings. The number of carbonyl (C=O) groups excluding carboxylic acids is 3. The van der Waals surface area contributed by atoms with Gasteiger partial charge < -0.3 is 10.1 Å². The maximum Gasteiger partial charge on any atom is 0.338 e. The van der Waals surface area contributed by atoms with Crippen LogP contribution in [0.25, 0.3) is 0 Å². The standard InChI is InChI=1S/C12H13BrN2O4/c1-7(10(16)15-12(18)14-2)19-11(17)8-3-5-9(13)6-4-8/h3-7H,1-2H3,(H2,14,15,16,18)/t7-/m1/s1. The topological polar surface area (TPSA) is 84.5 Å². The minimum absolute atomic E-state index is 0.322. The molecule has 3 amide bonds. The van der Waals surface area contributed by atoms with Gasteiger partial charge in [-0.25, -0.2) is 9.59 Å². The summed E-state index contributed by atoms with van der Waals surface area (Å²) in [5.74, 6) is -1.32. The van der Waals surface area contributed by atoms with Crippen molar-refractivity contribution >= 4 is 33.8 Å². The summed E-state index contributed by atoms with van der Waals surface area (Å²) in [4.78, 5) is 34.1. The number of hydrogen-bond acceptors (Lipinski definition) is 4. The molecule has 6 nitrogen and oxygen atoms in total. The Morgan fingerprint density at radius 3 is 2.32 bits per heavy atom. The van der Waals surface area contributed by atoms with Gasteiger partial charge in [0.1, 0.15) is 0 Å². The number of halogens is 1. The predicted molar refractivity (Wildman–Crippen MR) is 71.6 cm³/mol. The molecule has 2 N–H and O–H groups in total. The zero-order valence-corrected chi connectivity index (χ0v) is 12.0. The first-order chi connectivity index (χ1) is 8.93. The van der Waals surface area contributed by atoms with Gasteiger partial charge in [-0.2, -0.15) is 0 Å². The van der Waals surface area contributed by atoms with Crippen LogP contribution in [0.5, 0.6) is 0 Å². The van der Waals surface area contributed by atoms with Gasteiger partial charge in [-0.15, -0.1) is 0 Å². The summed E-state index contributed by atoms with van der Waals surface area (Å²) in [6.45, 7) is 1.38. The number of carbonyl (C=O) groups is 3. The Labute approximate surface area is 118 Å². The Morgan fingerprint density at radius 2 is 1.79 bits per heavy atom. The number of nitrogens with one attached hydrogen (secondary N) is 2. The summed E-state index contributed by atoms with van der Waals surface area (Å²) in [5.41, 5.74) is 0.322. The number of rotatable bonds is 3. The third kappa shape index (κ3) is 4.70. The largest absolute Gasteiger partial charge is 0.449 e. The highest BCUT2D eigenvalue weighted by molar-refractivity contribution is 9.10. The van der Waals surface area contributed by atoms with Crippen LogP contribution in [0.2, 0.25) is 0 Å². The molecule has 0 saturated heterocycles. The van der Waals surface area contributed by atoms with Crippen LogP contribution in [-0.2, 0) is 9.53 Å². The summed E-state index contributed by atoms with van der Waals surface area (Å²) in [5, 5.41) is 4.25. The molecule has 0 aliphatic rings. The van der Waals surface area contributed by atoms with Gasteiger partial charge in [-0.05, 0) is 31.2 Å². The Bertz CT molecular complexity index is 487. The van der Waals surface area contributed by atoms with Gasteiger partial charge in [0.05, 0.1) is 5.56 Å². The van der Waals surface area contributed by atoms with Crippen molar-refractivity contribution < 1.29 is 19.1 Å². The van der Waals surface area contributed by atoms with Crippen LogP contribution >= 0.6 is 15.9 Å². The molecule has 0 fully saturated rings. The highest BCUT2D eigenvalue weighted by atomic mass is 79.9. The number of amides is 3. The van der Waals surface area contributed by atoms with Crippen LogP contribution in [0.15, 0.2) is 28.7 Å². The van der Waals surface area contributed by atoms with Gasteiger partial charge in [0.2, 0.25) is 0 Å². The van der Waals surface area contributed by atoms with E-state index >= 15 is 0 Å². The van der Waals surface area contributed by atoms with Gasteiger partial charge in [0.15, 0.2) is 6.10 Å². The first kappa shape index (κ1) is 15.2. The van der Waals surface area contributed by atoms with E-state index in [-0.39, 0.29) is 0 Å². The Hall–Kier alpha value is -1.89. The van der Waals surface area contributed by atoms with E-state index in [1.807, 2.05) is 5.32 Å². The third-order valence-corrected chi connectivity index (χ3v) is 2.73. The number of benzene rings is 1. The molecule has 19 heavy (non-hydrogen) atoms. The molecule has 7 heteroatoms. The van der Waals surface area contributed by atoms with Crippen LogP contribution in [0.1, 0.15) is 17.3 Å². The number of ether oxygens (including phenoxy) is 1. The van der Waals surface area contributed by atoms with E-state index in [9.17, 15) is 14.4 Å². The SMILES string of the molecule is CNC(=O)NC(=O)[C@@H](C)OC(=O)c1ccc(Br)cc1. The molecule has 102 valence electrons. The van der Waals surface area contributed by atoms with Crippen LogP contribution in [0.3, 0.4) is 0 Å². The van der Waals surface area contributed by atoms with E-state index in [0.29, 0.717) is 5.56 Å². The second kappa shape index (κ2) is 6.89. The first-order valence-electron chi connectivity index (χ1n) is 5.43. The molecule has 0 unspecified atom stereocenters. The van der Waals surface area contributed by atoms with Crippen molar-refractivity contribution in [3.63, 3.8) is 0 Å². The van der Waals surface area contributed by atoms with Crippen molar-refractivity contribution in [3.8, 4) is 0 Å². The zero-order valence-electron chi connectivity index (χ0n) is 10.4. The number of esters is 1. The fraction of sp³-hybridized carbons (Fsp3) is 0.250. The fourth-order valence-electron chi connectivity index (χ4n) is 1.14. The van der Waals surface area contributed by atoms with E-state index in [1.165, 1.54) is 14.0 Å². The monoisotopic (exact) mass is 328 g/mol. The van der Waals surface area contributed by atoms with Gasteiger partial charge in [0, 0.05) is 11.5 Å². The molecule has 0 aliphatic carbocycles. The molecule has 0 radical (unpaired) electrons. The van der Waals surface area contributed by atoms with Crippen molar-refractivity contribution in [2.75, 3.05) is 7.05 Å². The van der Waals surface area contributed by atoms with E-state index in [0.717, 1.165) is 4.47 Å². The summed E-state index contributed by atoms with van der Waals surface area (Å²) in [6.07, 6.45) is -1.06. The maximum absolute atomic E-state index is 11.7. The number of urea groups is 1. The van der Waals surface area contributed by atoms with Crippen LogP contribution in [-0.4, -0.2) is 31.1 Å². The van der Waals surface area contributed by atoms with Crippen LogP contribution < -0.4 is 10.6 Å². The lowest BCUT2D eigenvalue weighted by Crippen LogP contribution is -2.43. The lowest BCUT2D eigenvalue weighted by Gasteiger charge is -2.12. The van der Waals surface area contributed by atoms with E-state index in [4.69, 9.17) is 4.74 Å². The van der Waals surface area contributed by atoms with Crippen molar-refractivity contribution in [1.29, 1.82) is 0 Å². The molecular weight excluding hydrogens is 316 g/mol. The Morgan fingerprint density at radius 1 is 1.21 bits per heavy atom. The second-order valence-corrected chi connectivity index (χ2v) is 4.54. The van der Waals surface area contributed by atoms with Crippen molar-refractivity contribution in [1.82, 2.24) is 10.6 Å².